The van der Waals surface area contributed by atoms with Crippen molar-refractivity contribution in [3.63, 3.8) is 0 Å². The summed E-state index contributed by atoms with van der Waals surface area (Å²) in [5.41, 5.74) is 5.94. The summed E-state index contributed by atoms with van der Waals surface area (Å²) >= 11 is 0. The van der Waals surface area contributed by atoms with Gasteiger partial charge in [0.2, 0.25) is 0 Å². The van der Waals surface area contributed by atoms with Crippen LogP contribution in [-0.2, 0) is 9.59 Å². The summed E-state index contributed by atoms with van der Waals surface area (Å²) in [7, 11) is 0. The molecule has 128 valence electrons. The minimum atomic E-state index is -1.35. The van der Waals surface area contributed by atoms with Crippen molar-refractivity contribution in [1.29, 1.82) is 0 Å². The van der Waals surface area contributed by atoms with Gasteiger partial charge >= 0.3 is 5.97 Å². The van der Waals surface area contributed by atoms with Crippen molar-refractivity contribution in [3.8, 4) is 0 Å². The van der Waals surface area contributed by atoms with E-state index in [1.165, 1.54) is 19.3 Å². The third kappa shape index (κ3) is 6.32. The highest BCUT2D eigenvalue weighted by Gasteiger charge is 2.29. The summed E-state index contributed by atoms with van der Waals surface area (Å²) in [6, 6.07) is -1.62. The number of carboxylic acid groups (broad SMARTS) is 1. The zero-order valence-corrected chi connectivity index (χ0v) is 13.6. The first-order valence-electron chi connectivity index (χ1n) is 8.28. The maximum Gasteiger partial charge on any atom is 0.326 e. The molecule has 1 saturated carbocycles. The molecule has 0 heterocycles. The molecule has 0 aromatic carbocycles. The Balaban J connectivity index is 2.49. The second-order valence-corrected chi connectivity index (χ2v) is 6.88. The molecule has 6 heteroatoms. The molecule has 0 saturated heterocycles. The molecule has 2 unspecified atom stereocenters. The Kier molecular flexibility index (Phi) is 7.82. The van der Waals surface area contributed by atoms with Gasteiger partial charge in [-0.2, -0.15) is 0 Å². The van der Waals surface area contributed by atoms with Crippen LogP contribution >= 0.6 is 0 Å². The van der Waals surface area contributed by atoms with Crippen LogP contribution in [0, 0.1) is 11.8 Å². The van der Waals surface area contributed by atoms with Gasteiger partial charge in [-0.15, -0.1) is 0 Å². The molecule has 0 spiro atoms. The number of carbonyl (C=O) groups excluding carboxylic acids is 1. The molecule has 6 nitrogen and oxygen atoms in total. The van der Waals surface area contributed by atoms with Crippen LogP contribution in [0.15, 0.2) is 0 Å². The lowest BCUT2D eigenvalue weighted by Crippen LogP contribution is -2.52. The predicted molar refractivity (Wildman–Crippen MR) is 84.2 cm³/mol. The largest absolute Gasteiger partial charge is 0.480 e. The smallest absolute Gasteiger partial charge is 0.326 e. The number of amides is 1. The van der Waals surface area contributed by atoms with Gasteiger partial charge in [-0.1, -0.05) is 46.0 Å². The van der Waals surface area contributed by atoms with Crippen molar-refractivity contribution in [2.45, 2.75) is 77.0 Å². The molecule has 1 aliphatic rings. The van der Waals surface area contributed by atoms with Crippen LogP contribution in [0.5, 0.6) is 0 Å². The van der Waals surface area contributed by atoms with Crippen molar-refractivity contribution < 1.29 is 19.8 Å². The molecule has 0 aromatic rings. The fraction of sp³-hybridized carbons (Fsp3) is 0.875. The summed E-state index contributed by atoms with van der Waals surface area (Å²) in [4.78, 5) is 23.2. The standard InChI is InChI=1S/C16H30N2O4/c1-10(2)8-13(16(21)22)18-15(20)14(19)12(17)9-11-6-4-3-5-7-11/h10-14,19H,3-9,17H2,1-2H3,(H,18,20)(H,21,22)/t12?,13-,14?/m0/s1. The Morgan fingerprint density at radius 2 is 1.82 bits per heavy atom. The number of rotatable bonds is 8. The topological polar surface area (TPSA) is 113 Å². The van der Waals surface area contributed by atoms with Gasteiger partial charge < -0.3 is 21.3 Å². The number of carboxylic acids is 1. The first-order chi connectivity index (χ1) is 10.3. The average molecular weight is 314 g/mol. The van der Waals surface area contributed by atoms with Crippen LogP contribution in [0.1, 0.15) is 58.8 Å². The highest BCUT2D eigenvalue weighted by Crippen LogP contribution is 2.27. The monoisotopic (exact) mass is 314 g/mol. The molecule has 0 radical (unpaired) electrons. The lowest BCUT2D eigenvalue weighted by molar-refractivity contribution is -0.144. The van der Waals surface area contributed by atoms with E-state index in [2.05, 4.69) is 5.32 Å². The first-order valence-corrected chi connectivity index (χ1v) is 8.28. The summed E-state index contributed by atoms with van der Waals surface area (Å²) in [6.45, 7) is 3.76. The first kappa shape index (κ1) is 18.9. The van der Waals surface area contributed by atoms with Crippen molar-refractivity contribution >= 4 is 11.9 Å². The highest BCUT2D eigenvalue weighted by atomic mass is 16.4. The minimum absolute atomic E-state index is 0.134. The third-order valence-corrected chi connectivity index (χ3v) is 4.33. The normalized spacial score (nSPS) is 20.4. The fourth-order valence-electron chi connectivity index (χ4n) is 3.08. The Morgan fingerprint density at radius 1 is 1.23 bits per heavy atom. The number of aliphatic hydroxyl groups is 1. The lowest BCUT2D eigenvalue weighted by Gasteiger charge is -2.27. The number of aliphatic hydroxyl groups excluding tert-OH is 1. The quantitative estimate of drug-likeness (QED) is 0.539. The van der Waals surface area contributed by atoms with E-state index in [0.29, 0.717) is 18.8 Å². The van der Waals surface area contributed by atoms with E-state index in [1.807, 2.05) is 13.8 Å². The van der Waals surface area contributed by atoms with Crippen molar-refractivity contribution in [2.24, 2.45) is 17.6 Å². The molecule has 1 aliphatic carbocycles. The van der Waals surface area contributed by atoms with Crippen molar-refractivity contribution in [2.75, 3.05) is 0 Å². The Morgan fingerprint density at radius 3 is 2.32 bits per heavy atom. The van der Waals surface area contributed by atoms with Crippen LogP contribution in [0.3, 0.4) is 0 Å². The maximum absolute atomic E-state index is 12.0. The van der Waals surface area contributed by atoms with Crippen molar-refractivity contribution in [1.82, 2.24) is 5.32 Å². The summed E-state index contributed by atoms with van der Waals surface area (Å²) in [6.07, 6.45) is 5.35. The van der Waals surface area contributed by atoms with Gasteiger partial charge in [0.25, 0.3) is 5.91 Å². The van der Waals surface area contributed by atoms with E-state index in [1.54, 1.807) is 0 Å². The molecule has 3 atom stereocenters. The summed E-state index contributed by atoms with van der Waals surface area (Å²) < 4.78 is 0. The average Bonchev–Trinajstić information content (AvgIpc) is 2.46. The molecule has 22 heavy (non-hydrogen) atoms. The van der Waals surface area contributed by atoms with E-state index in [4.69, 9.17) is 10.8 Å². The molecule has 1 fully saturated rings. The van der Waals surface area contributed by atoms with Crippen LogP contribution < -0.4 is 11.1 Å². The highest BCUT2D eigenvalue weighted by molar-refractivity contribution is 5.86. The number of hydrogen-bond acceptors (Lipinski definition) is 4. The second-order valence-electron chi connectivity index (χ2n) is 6.88. The molecule has 0 aromatic heterocycles. The van der Waals surface area contributed by atoms with Gasteiger partial charge in [0, 0.05) is 6.04 Å². The Hall–Kier alpha value is -1.14. The van der Waals surface area contributed by atoms with Gasteiger partial charge in [0.15, 0.2) is 0 Å². The van der Waals surface area contributed by atoms with Crippen LogP contribution in [-0.4, -0.2) is 40.3 Å². The van der Waals surface area contributed by atoms with Crippen LogP contribution in [0.4, 0.5) is 0 Å². The third-order valence-electron chi connectivity index (χ3n) is 4.33. The maximum atomic E-state index is 12.0. The molecule has 1 rings (SSSR count). The number of carbonyl (C=O) groups is 2. The Bertz CT molecular complexity index is 367. The molecular weight excluding hydrogens is 284 g/mol. The van der Waals surface area contributed by atoms with E-state index in [-0.39, 0.29) is 5.92 Å². The zero-order valence-electron chi connectivity index (χ0n) is 13.6. The number of aliphatic carboxylic acids is 1. The van der Waals surface area contributed by atoms with E-state index >= 15 is 0 Å². The molecule has 1 amide bonds. The van der Waals surface area contributed by atoms with E-state index in [0.717, 1.165) is 12.8 Å². The Labute approximate surface area is 132 Å². The SMILES string of the molecule is CC(C)C[C@H](NC(=O)C(O)C(N)CC1CCCCC1)C(=O)O. The van der Waals surface area contributed by atoms with Crippen LogP contribution in [0.2, 0.25) is 0 Å². The number of nitrogens with one attached hydrogen (secondary N) is 1. The number of nitrogens with two attached hydrogens (primary N) is 1. The van der Waals surface area contributed by atoms with E-state index in [9.17, 15) is 14.7 Å². The zero-order chi connectivity index (χ0) is 16.7. The lowest BCUT2D eigenvalue weighted by atomic mass is 9.84. The summed E-state index contributed by atoms with van der Waals surface area (Å²) in [5, 5.41) is 21.6. The van der Waals surface area contributed by atoms with E-state index < -0.39 is 30.1 Å². The van der Waals surface area contributed by atoms with Gasteiger partial charge in [-0.25, -0.2) is 4.79 Å². The predicted octanol–water partition coefficient (Wildman–Crippen LogP) is 1.26. The van der Waals surface area contributed by atoms with Gasteiger partial charge in [0.1, 0.15) is 12.1 Å². The second kappa shape index (κ2) is 9.10. The fourth-order valence-corrected chi connectivity index (χ4v) is 3.08. The molecule has 0 bridgehead atoms. The summed E-state index contributed by atoms with van der Waals surface area (Å²) in [5.74, 6) is -1.18. The number of hydrogen-bond donors (Lipinski definition) is 4. The van der Waals surface area contributed by atoms with Crippen LogP contribution in [0.25, 0.3) is 0 Å². The molecule has 5 N–H and O–H groups in total. The van der Waals surface area contributed by atoms with Gasteiger partial charge in [-0.05, 0) is 24.7 Å². The van der Waals surface area contributed by atoms with Gasteiger partial charge in [0.05, 0.1) is 0 Å². The van der Waals surface area contributed by atoms with Gasteiger partial charge in [-0.3, -0.25) is 4.79 Å². The van der Waals surface area contributed by atoms with Crippen molar-refractivity contribution in [3.05, 3.63) is 0 Å². The molecule has 0 aliphatic heterocycles. The minimum Gasteiger partial charge on any atom is -0.480 e. The molecular formula is C16H30N2O4.